The molecule has 0 unspecified atom stereocenters. The van der Waals surface area contributed by atoms with Crippen LogP contribution in [0.3, 0.4) is 0 Å². The molecule has 0 aliphatic rings. The van der Waals surface area contributed by atoms with Gasteiger partial charge >= 0.3 is 5.97 Å². The van der Waals surface area contributed by atoms with Gasteiger partial charge in [-0.25, -0.2) is 4.52 Å². The van der Waals surface area contributed by atoms with Gasteiger partial charge in [0, 0.05) is 40.1 Å². The second kappa shape index (κ2) is 8.63. The summed E-state index contributed by atoms with van der Waals surface area (Å²) in [6, 6.07) is 6.11. The van der Waals surface area contributed by atoms with Crippen LogP contribution in [0.15, 0.2) is 35.1 Å². The van der Waals surface area contributed by atoms with Crippen LogP contribution in [0, 0.1) is 0 Å². The molecule has 0 bridgehead atoms. The molecule has 0 fully saturated rings. The van der Waals surface area contributed by atoms with Gasteiger partial charge < -0.3 is 9.84 Å². The van der Waals surface area contributed by atoms with E-state index >= 15 is 0 Å². The number of carbonyl (C=O) groups is 1. The predicted molar refractivity (Wildman–Crippen MR) is 106 cm³/mol. The third kappa shape index (κ3) is 4.04. The van der Waals surface area contributed by atoms with Crippen molar-refractivity contribution in [3.8, 4) is 11.1 Å². The average Bonchev–Trinajstić information content (AvgIpc) is 3.09. The van der Waals surface area contributed by atoms with Gasteiger partial charge in [-0.1, -0.05) is 6.92 Å². The van der Waals surface area contributed by atoms with Gasteiger partial charge in [0.1, 0.15) is 0 Å². The molecule has 3 heterocycles. The Balaban J connectivity index is 2.18. The minimum Gasteiger partial charge on any atom is -0.469 e. The predicted octanol–water partition coefficient (Wildman–Crippen LogP) is 3.71. The molecule has 1 N–H and O–H groups in total. The van der Waals surface area contributed by atoms with E-state index < -0.39 is 0 Å². The molecule has 3 rings (SSSR count). The lowest BCUT2D eigenvalue weighted by molar-refractivity contribution is -0.140. The summed E-state index contributed by atoms with van der Waals surface area (Å²) in [4.78, 5) is 15.8. The van der Waals surface area contributed by atoms with Gasteiger partial charge in [-0.2, -0.15) is 5.10 Å². The van der Waals surface area contributed by atoms with Crippen LogP contribution in [0.5, 0.6) is 0 Å². The van der Waals surface area contributed by atoms with Crippen molar-refractivity contribution >= 4 is 27.4 Å². The molecule has 0 atom stereocenters. The topological polar surface area (TPSA) is 76.7 Å². The van der Waals surface area contributed by atoms with E-state index in [4.69, 9.17) is 4.74 Å². The van der Waals surface area contributed by atoms with Gasteiger partial charge in [-0.15, -0.1) is 0 Å². The van der Waals surface area contributed by atoms with E-state index in [9.17, 15) is 9.90 Å². The normalized spacial score (nSPS) is 11.1. The lowest BCUT2D eigenvalue weighted by Crippen LogP contribution is -2.10. The van der Waals surface area contributed by atoms with Crippen molar-refractivity contribution in [1.29, 1.82) is 0 Å². The summed E-state index contributed by atoms with van der Waals surface area (Å²) in [5, 5.41) is 14.6. The maximum absolute atomic E-state index is 11.5. The van der Waals surface area contributed by atoms with Crippen LogP contribution in [0.4, 0.5) is 0 Å². The number of methoxy groups -OCH3 is 1. The van der Waals surface area contributed by atoms with Gasteiger partial charge in [0.15, 0.2) is 0 Å². The fraction of sp³-hybridized carbons (Fsp3) is 0.350. The van der Waals surface area contributed by atoms with Crippen molar-refractivity contribution in [2.75, 3.05) is 7.11 Å². The Labute approximate surface area is 166 Å². The minimum absolute atomic E-state index is 0.167. The minimum atomic E-state index is -0.240. The largest absolute Gasteiger partial charge is 0.469 e. The molecule has 0 aliphatic carbocycles. The van der Waals surface area contributed by atoms with Crippen molar-refractivity contribution in [3.63, 3.8) is 0 Å². The lowest BCUT2D eigenvalue weighted by atomic mass is 9.95. The highest BCUT2D eigenvalue weighted by atomic mass is 79.9. The summed E-state index contributed by atoms with van der Waals surface area (Å²) in [5.74, 6) is -0.240. The molecule has 0 saturated carbocycles. The molecule has 0 saturated heterocycles. The number of aromatic nitrogens is 3. The molecule has 0 amide bonds. The fourth-order valence-electron chi connectivity index (χ4n) is 3.30. The summed E-state index contributed by atoms with van der Waals surface area (Å²) < 4.78 is 7.51. The number of nitrogens with zero attached hydrogens (tertiary/aromatic N) is 3. The van der Waals surface area contributed by atoms with Crippen LogP contribution in [-0.4, -0.2) is 32.8 Å². The third-order valence-corrected chi connectivity index (χ3v) is 5.04. The third-order valence-electron chi connectivity index (χ3n) is 4.60. The molecule has 142 valence electrons. The standard InChI is InChI=1S/C20H22BrN3O3/c1-3-15-7-8-18-20(13-9-14(21)11-22-10-13)16(5-4-6-19(26)27-2)17(12-25)23-24(15)18/h7-11,25H,3-6,12H2,1-2H3. The Kier molecular flexibility index (Phi) is 6.23. The Morgan fingerprint density at radius 3 is 2.81 bits per heavy atom. The Bertz CT molecular complexity index is 969. The lowest BCUT2D eigenvalue weighted by Gasteiger charge is -2.16. The van der Waals surface area contributed by atoms with Crippen LogP contribution >= 0.6 is 15.9 Å². The Morgan fingerprint density at radius 2 is 2.15 bits per heavy atom. The number of halogens is 1. The Morgan fingerprint density at radius 1 is 1.33 bits per heavy atom. The number of aryl methyl sites for hydroxylation is 1. The second-order valence-electron chi connectivity index (χ2n) is 6.26. The smallest absolute Gasteiger partial charge is 0.305 e. The monoisotopic (exact) mass is 431 g/mol. The van der Waals surface area contributed by atoms with Crippen molar-refractivity contribution in [2.24, 2.45) is 0 Å². The maximum Gasteiger partial charge on any atom is 0.305 e. The first kappa shape index (κ1) is 19.5. The summed E-state index contributed by atoms with van der Waals surface area (Å²) in [5.41, 5.74) is 5.54. The van der Waals surface area contributed by atoms with E-state index in [-0.39, 0.29) is 12.6 Å². The number of carbonyl (C=O) groups excluding carboxylic acids is 1. The van der Waals surface area contributed by atoms with Crippen LogP contribution in [0.2, 0.25) is 0 Å². The first-order chi connectivity index (χ1) is 13.1. The maximum atomic E-state index is 11.5. The summed E-state index contributed by atoms with van der Waals surface area (Å²) in [6.07, 6.45) is 5.94. The van der Waals surface area contributed by atoms with E-state index in [1.807, 2.05) is 22.8 Å². The van der Waals surface area contributed by atoms with Gasteiger partial charge in [-0.05, 0) is 59.0 Å². The zero-order valence-electron chi connectivity index (χ0n) is 15.4. The van der Waals surface area contributed by atoms with Gasteiger partial charge in [0.25, 0.3) is 0 Å². The van der Waals surface area contributed by atoms with Crippen molar-refractivity contribution in [3.05, 3.63) is 52.0 Å². The van der Waals surface area contributed by atoms with Crippen LogP contribution in [0.1, 0.15) is 36.7 Å². The molecule has 3 aromatic heterocycles. The highest BCUT2D eigenvalue weighted by molar-refractivity contribution is 9.10. The van der Waals surface area contributed by atoms with Gasteiger partial charge in [0.05, 0.1) is 24.9 Å². The number of fused-ring (bicyclic) bond motifs is 1. The molecule has 3 aromatic rings. The molecule has 6 nitrogen and oxygen atoms in total. The molecule has 0 aliphatic heterocycles. The number of ether oxygens (including phenoxy) is 1. The molecule has 27 heavy (non-hydrogen) atoms. The first-order valence-corrected chi connectivity index (χ1v) is 9.69. The van der Waals surface area contributed by atoms with Gasteiger partial charge in [0.2, 0.25) is 0 Å². The van der Waals surface area contributed by atoms with E-state index in [1.54, 1.807) is 6.20 Å². The molecule has 0 radical (unpaired) electrons. The van der Waals surface area contributed by atoms with E-state index in [0.717, 1.165) is 38.8 Å². The number of hydrogen-bond acceptors (Lipinski definition) is 5. The second-order valence-corrected chi connectivity index (χ2v) is 7.17. The van der Waals surface area contributed by atoms with E-state index in [2.05, 4.69) is 39.0 Å². The SMILES string of the molecule is CCc1ccc2c(-c3cncc(Br)c3)c(CCCC(=O)OC)c(CO)nn12. The van der Waals surface area contributed by atoms with E-state index in [1.165, 1.54) is 7.11 Å². The number of rotatable bonds is 7. The highest BCUT2D eigenvalue weighted by Crippen LogP contribution is 2.33. The van der Waals surface area contributed by atoms with Crippen molar-refractivity contribution in [1.82, 2.24) is 14.6 Å². The van der Waals surface area contributed by atoms with Crippen LogP contribution in [0.25, 0.3) is 16.6 Å². The van der Waals surface area contributed by atoms with Crippen molar-refractivity contribution in [2.45, 2.75) is 39.2 Å². The number of esters is 1. The fourth-order valence-corrected chi connectivity index (χ4v) is 3.67. The number of pyridine rings is 1. The quantitative estimate of drug-likeness (QED) is 0.576. The number of hydrogen-bond donors (Lipinski definition) is 1. The molecule has 0 spiro atoms. The zero-order valence-corrected chi connectivity index (χ0v) is 17.0. The highest BCUT2D eigenvalue weighted by Gasteiger charge is 2.19. The van der Waals surface area contributed by atoms with Gasteiger partial charge in [-0.3, -0.25) is 9.78 Å². The number of aliphatic hydroxyl groups excluding tert-OH is 1. The average molecular weight is 432 g/mol. The molecule has 7 heteroatoms. The zero-order chi connectivity index (χ0) is 19.4. The first-order valence-electron chi connectivity index (χ1n) is 8.90. The summed E-state index contributed by atoms with van der Waals surface area (Å²) >= 11 is 3.49. The van der Waals surface area contributed by atoms with Crippen LogP contribution in [-0.2, 0) is 29.0 Å². The van der Waals surface area contributed by atoms with Crippen LogP contribution < -0.4 is 0 Å². The van der Waals surface area contributed by atoms with Crippen molar-refractivity contribution < 1.29 is 14.6 Å². The number of aliphatic hydroxyl groups is 1. The molecular weight excluding hydrogens is 410 g/mol. The molecule has 0 aromatic carbocycles. The summed E-state index contributed by atoms with van der Waals surface area (Å²) in [7, 11) is 1.39. The van der Waals surface area contributed by atoms with E-state index in [0.29, 0.717) is 25.0 Å². The Hall–Kier alpha value is -2.25. The molecular formula is C20H22BrN3O3. The summed E-state index contributed by atoms with van der Waals surface area (Å²) in [6.45, 7) is 1.91.